The molecule has 1 saturated heterocycles. The standard InChI is InChI=1S/C16H18F2N2O4/c1-9(21)19-14(12-3-2-11(17)6-13(12)18)7-15(22)20-5-4-10(8-20)16(23)24/h2-3,6,10,14H,4-5,7-8H2,1H3,(H,19,21)(H,23,24)/t10-,14-/m1/s1. The van der Waals surface area contributed by atoms with Crippen molar-refractivity contribution in [3.63, 3.8) is 0 Å². The van der Waals surface area contributed by atoms with Gasteiger partial charge in [0, 0.05) is 31.6 Å². The van der Waals surface area contributed by atoms with Crippen molar-refractivity contribution in [2.75, 3.05) is 13.1 Å². The smallest absolute Gasteiger partial charge is 0.308 e. The first kappa shape index (κ1) is 17.8. The third-order valence-corrected chi connectivity index (χ3v) is 3.98. The van der Waals surface area contributed by atoms with Gasteiger partial charge < -0.3 is 15.3 Å². The van der Waals surface area contributed by atoms with E-state index in [4.69, 9.17) is 5.11 Å². The van der Waals surface area contributed by atoms with Crippen molar-refractivity contribution < 1.29 is 28.3 Å². The zero-order valence-electron chi connectivity index (χ0n) is 13.1. The summed E-state index contributed by atoms with van der Waals surface area (Å²) < 4.78 is 27.0. The summed E-state index contributed by atoms with van der Waals surface area (Å²) in [6.07, 6.45) is 0.130. The first-order valence-electron chi connectivity index (χ1n) is 7.50. The molecule has 2 amide bonds. The van der Waals surface area contributed by atoms with Crippen LogP contribution in [0.25, 0.3) is 0 Å². The zero-order valence-corrected chi connectivity index (χ0v) is 13.1. The van der Waals surface area contributed by atoms with Crippen molar-refractivity contribution in [2.45, 2.75) is 25.8 Å². The van der Waals surface area contributed by atoms with E-state index < -0.39 is 35.5 Å². The Balaban J connectivity index is 2.13. The summed E-state index contributed by atoms with van der Waals surface area (Å²) in [6, 6.07) is 1.97. The van der Waals surface area contributed by atoms with E-state index in [9.17, 15) is 23.2 Å². The number of carboxylic acids is 1. The molecule has 1 aromatic carbocycles. The molecule has 0 spiro atoms. The first-order valence-corrected chi connectivity index (χ1v) is 7.50. The molecular formula is C16H18F2N2O4. The van der Waals surface area contributed by atoms with Crippen LogP contribution in [0.5, 0.6) is 0 Å². The van der Waals surface area contributed by atoms with Crippen LogP contribution in [-0.4, -0.2) is 40.9 Å². The number of halogens is 2. The third-order valence-electron chi connectivity index (χ3n) is 3.98. The highest BCUT2D eigenvalue weighted by Gasteiger charge is 2.32. The maximum Gasteiger partial charge on any atom is 0.308 e. The molecule has 2 atom stereocenters. The highest BCUT2D eigenvalue weighted by atomic mass is 19.1. The van der Waals surface area contributed by atoms with Gasteiger partial charge in [-0.2, -0.15) is 0 Å². The average Bonchev–Trinajstić information content (AvgIpc) is 2.96. The van der Waals surface area contributed by atoms with Crippen LogP contribution in [0.2, 0.25) is 0 Å². The Morgan fingerprint density at radius 3 is 2.62 bits per heavy atom. The molecule has 130 valence electrons. The second-order valence-corrected chi connectivity index (χ2v) is 5.79. The van der Waals surface area contributed by atoms with Gasteiger partial charge in [0.15, 0.2) is 0 Å². The highest BCUT2D eigenvalue weighted by molar-refractivity contribution is 5.80. The molecule has 0 saturated carbocycles. The summed E-state index contributed by atoms with van der Waals surface area (Å²) in [7, 11) is 0. The van der Waals surface area contributed by atoms with Gasteiger partial charge in [0.2, 0.25) is 11.8 Å². The molecule has 0 radical (unpaired) electrons. The summed E-state index contributed by atoms with van der Waals surface area (Å²) in [4.78, 5) is 36.0. The Hall–Kier alpha value is -2.51. The van der Waals surface area contributed by atoms with Crippen molar-refractivity contribution >= 4 is 17.8 Å². The van der Waals surface area contributed by atoms with Gasteiger partial charge in [0.05, 0.1) is 18.4 Å². The molecular weight excluding hydrogens is 322 g/mol. The molecule has 6 nitrogen and oxygen atoms in total. The minimum Gasteiger partial charge on any atom is -0.481 e. The van der Waals surface area contributed by atoms with Gasteiger partial charge in [-0.1, -0.05) is 6.07 Å². The lowest BCUT2D eigenvalue weighted by molar-refractivity contribution is -0.141. The van der Waals surface area contributed by atoms with Crippen LogP contribution >= 0.6 is 0 Å². The Morgan fingerprint density at radius 2 is 2.08 bits per heavy atom. The van der Waals surface area contributed by atoms with Gasteiger partial charge in [-0.05, 0) is 12.5 Å². The predicted octanol–water partition coefficient (Wildman–Crippen LogP) is 1.47. The van der Waals surface area contributed by atoms with Crippen LogP contribution in [-0.2, 0) is 14.4 Å². The number of hydrogen-bond donors (Lipinski definition) is 2. The van der Waals surface area contributed by atoms with Crippen molar-refractivity contribution in [1.29, 1.82) is 0 Å². The summed E-state index contributed by atoms with van der Waals surface area (Å²) >= 11 is 0. The van der Waals surface area contributed by atoms with Crippen molar-refractivity contribution in [3.05, 3.63) is 35.4 Å². The van der Waals surface area contributed by atoms with Crippen molar-refractivity contribution in [1.82, 2.24) is 10.2 Å². The second kappa shape index (κ2) is 7.37. The third kappa shape index (κ3) is 4.27. The number of rotatable bonds is 5. The van der Waals surface area contributed by atoms with Crippen molar-refractivity contribution in [2.24, 2.45) is 5.92 Å². The molecule has 0 bridgehead atoms. The number of carbonyl (C=O) groups excluding carboxylic acids is 2. The Bertz CT molecular complexity index is 665. The van der Waals surface area contributed by atoms with Gasteiger partial charge in [-0.15, -0.1) is 0 Å². The SMILES string of the molecule is CC(=O)N[C@H](CC(=O)N1CC[C@@H](C(=O)O)C1)c1ccc(F)cc1F. The van der Waals surface area contributed by atoms with Crippen LogP contribution in [0.4, 0.5) is 8.78 Å². The van der Waals surface area contributed by atoms with Crippen LogP contribution in [0.1, 0.15) is 31.4 Å². The number of hydrogen-bond acceptors (Lipinski definition) is 3. The normalized spacial score (nSPS) is 18.3. The van der Waals surface area contributed by atoms with E-state index in [1.807, 2.05) is 0 Å². The summed E-state index contributed by atoms with van der Waals surface area (Å²) in [5.74, 6) is -4.04. The highest BCUT2D eigenvalue weighted by Crippen LogP contribution is 2.24. The number of carboxylic acid groups (broad SMARTS) is 1. The van der Waals surface area contributed by atoms with E-state index in [2.05, 4.69) is 5.32 Å². The van der Waals surface area contributed by atoms with E-state index in [0.717, 1.165) is 6.07 Å². The number of nitrogens with zero attached hydrogens (tertiary/aromatic N) is 1. The summed E-state index contributed by atoms with van der Waals surface area (Å²) in [5, 5.41) is 11.5. The molecule has 0 aromatic heterocycles. The van der Waals surface area contributed by atoms with Gasteiger partial charge in [0.1, 0.15) is 11.6 Å². The largest absolute Gasteiger partial charge is 0.481 e. The average molecular weight is 340 g/mol. The van der Waals surface area contributed by atoms with Gasteiger partial charge >= 0.3 is 5.97 Å². The molecule has 1 fully saturated rings. The summed E-state index contributed by atoms with van der Waals surface area (Å²) in [6.45, 7) is 1.62. The molecule has 1 aromatic rings. The molecule has 2 N–H and O–H groups in total. The van der Waals surface area contributed by atoms with E-state index in [1.165, 1.54) is 17.9 Å². The van der Waals surface area contributed by atoms with E-state index >= 15 is 0 Å². The maximum atomic E-state index is 14.0. The Labute approximate surface area is 137 Å². The lowest BCUT2D eigenvalue weighted by Crippen LogP contribution is -2.35. The van der Waals surface area contributed by atoms with Gasteiger partial charge in [0.25, 0.3) is 0 Å². The molecule has 1 heterocycles. The maximum absolute atomic E-state index is 14.0. The fourth-order valence-electron chi connectivity index (χ4n) is 2.76. The molecule has 8 heteroatoms. The number of benzene rings is 1. The number of carbonyl (C=O) groups is 3. The lowest BCUT2D eigenvalue weighted by Gasteiger charge is -2.22. The molecule has 1 aliphatic rings. The Kier molecular flexibility index (Phi) is 5.48. The lowest BCUT2D eigenvalue weighted by atomic mass is 10.0. The van der Waals surface area contributed by atoms with Crippen LogP contribution < -0.4 is 5.32 Å². The Morgan fingerprint density at radius 1 is 1.38 bits per heavy atom. The fourth-order valence-corrected chi connectivity index (χ4v) is 2.76. The topological polar surface area (TPSA) is 86.7 Å². The van der Waals surface area contributed by atoms with E-state index in [0.29, 0.717) is 19.0 Å². The quantitative estimate of drug-likeness (QED) is 0.850. The fraction of sp³-hybridized carbons (Fsp3) is 0.438. The van der Waals surface area contributed by atoms with Crippen LogP contribution in [0.3, 0.4) is 0 Å². The van der Waals surface area contributed by atoms with E-state index in [1.54, 1.807) is 0 Å². The predicted molar refractivity (Wildman–Crippen MR) is 79.9 cm³/mol. The molecule has 0 unspecified atom stereocenters. The minimum absolute atomic E-state index is 0.00827. The monoisotopic (exact) mass is 340 g/mol. The molecule has 24 heavy (non-hydrogen) atoms. The number of aliphatic carboxylic acids is 1. The van der Waals surface area contributed by atoms with Crippen LogP contribution in [0.15, 0.2) is 18.2 Å². The first-order chi connectivity index (χ1) is 11.3. The zero-order chi connectivity index (χ0) is 17.9. The van der Waals surface area contributed by atoms with Crippen LogP contribution in [0, 0.1) is 17.6 Å². The van der Waals surface area contributed by atoms with Gasteiger partial charge in [-0.3, -0.25) is 14.4 Å². The van der Waals surface area contributed by atoms with E-state index in [-0.39, 0.29) is 24.4 Å². The number of nitrogens with one attached hydrogen (secondary N) is 1. The molecule has 0 aliphatic carbocycles. The number of likely N-dealkylation sites (tertiary alicyclic amines) is 1. The van der Waals surface area contributed by atoms with Crippen molar-refractivity contribution in [3.8, 4) is 0 Å². The van der Waals surface area contributed by atoms with Gasteiger partial charge in [-0.25, -0.2) is 8.78 Å². The summed E-state index contributed by atoms with van der Waals surface area (Å²) in [5.41, 5.74) is 0.00827. The second-order valence-electron chi connectivity index (χ2n) is 5.79. The number of amides is 2. The molecule has 1 aliphatic heterocycles. The molecule has 2 rings (SSSR count). The minimum atomic E-state index is -0.965.